The molecule has 2 heteroatoms. The van der Waals surface area contributed by atoms with Gasteiger partial charge in [0, 0.05) is 5.57 Å². The van der Waals surface area contributed by atoms with Crippen LogP contribution in [0.2, 0.25) is 0 Å². The van der Waals surface area contributed by atoms with Crippen molar-refractivity contribution in [1.82, 2.24) is 0 Å². The van der Waals surface area contributed by atoms with E-state index in [1.807, 2.05) is 12.2 Å². The van der Waals surface area contributed by atoms with E-state index in [0.717, 1.165) is 43.4 Å². The lowest BCUT2D eigenvalue weighted by atomic mass is 9.67. The van der Waals surface area contributed by atoms with E-state index in [2.05, 4.69) is 19.9 Å². The highest BCUT2D eigenvalue weighted by molar-refractivity contribution is 5.87. The van der Waals surface area contributed by atoms with E-state index in [0.29, 0.717) is 5.57 Å². The first kappa shape index (κ1) is 24.2. The van der Waals surface area contributed by atoms with E-state index in [9.17, 15) is 9.90 Å². The van der Waals surface area contributed by atoms with Crippen LogP contribution in [0.3, 0.4) is 0 Å². The predicted octanol–water partition coefficient (Wildman–Crippen LogP) is 8.33. The lowest BCUT2D eigenvalue weighted by Crippen LogP contribution is -2.27. The Hall–Kier alpha value is -1.05. The second-order valence-corrected chi connectivity index (χ2v) is 9.74. The SMILES string of the molecule is CCC/C=C/C=C(/C(=O)O)C1CCC(C2CCC(CCCCCCC)CC2)CC1. The Bertz CT molecular complexity index is 503. The number of carboxylic acids is 1. The van der Waals surface area contributed by atoms with Gasteiger partial charge in [0.25, 0.3) is 0 Å². The van der Waals surface area contributed by atoms with Gasteiger partial charge in [-0.2, -0.15) is 0 Å². The Morgan fingerprint density at radius 3 is 2.03 bits per heavy atom. The monoisotopic (exact) mass is 402 g/mol. The molecule has 0 spiro atoms. The predicted molar refractivity (Wildman–Crippen MR) is 124 cm³/mol. The molecule has 0 heterocycles. The molecule has 29 heavy (non-hydrogen) atoms. The maximum atomic E-state index is 11.7. The summed E-state index contributed by atoms with van der Waals surface area (Å²) in [6.07, 6.45) is 26.9. The lowest BCUT2D eigenvalue weighted by Gasteiger charge is -2.38. The van der Waals surface area contributed by atoms with E-state index in [4.69, 9.17) is 0 Å². The molecule has 0 atom stereocenters. The highest BCUT2D eigenvalue weighted by Gasteiger charge is 2.32. The van der Waals surface area contributed by atoms with E-state index in [1.165, 1.54) is 77.0 Å². The molecule has 166 valence electrons. The van der Waals surface area contributed by atoms with Crippen molar-refractivity contribution in [2.75, 3.05) is 0 Å². The van der Waals surface area contributed by atoms with Crippen molar-refractivity contribution in [2.24, 2.45) is 23.7 Å². The molecule has 1 N–H and O–H groups in total. The molecule has 2 fully saturated rings. The average Bonchev–Trinajstić information content (AvgIpc) is 2.74. The summed E-state index contributed by atoms with van der Waals surface area (Å²) in [5.74, 6) is 2.29. The van der Waals surface area contributed by atoms with Crippen LogP contribution in [0, 0.1) is 23.7 Å². The van der Waals surface area contributed by atoms with Crippen LogP contribution in [0.25, 0.3) is 0 Å². The third-order valence-electron chi connectivity index (χ3n) is 7.60. The molecule has 0 aromatic carbocycles. The minimum absolute atomic E-state index is 0.259. The van der Waals surface area contributed by atoms with E-state index in [1.54, 1.807) is 0 Å². The first-order chi connectivity index (χ1) is 14.2. The van der Waals surface area contributed by atoms with Crippen LogP contribution in [0.5, 0.6) is 0 Å². The van der Waals surface area contributed by atoms with Crippen LogP contribution in [0.1, 0.15) is 117 Å². The van der Waals surface area contributed by atoms with Gasteiger partial charge in [-0.15, -0.1) is 0 Å². The fourth-order valence-corrected chi connectivity index (χ4v) is 5.70. The van der Waals surface area contributed by atoms with E-state index in [-0.39, 0.29) is 5.92 Å². The molecule has 0 unspecified atom stereocenters. The zero-order chi connectivity index (χ0) is 20.9. The zero-order valence-corrected chi connectivity index (χ0v) is 19.2. The highest BCUT2D eigenvalue weighted by Crippen LogP contribution is 2.43. The van der Waals surface area contributed by atoms with Crippen molar-refractivity contribution in [1.29, 1.82) is 0 Å². The normalized spacial score (nSPS) is 28.7. The lowest BCUT2D eigenvalue weighted by molar-refractivity contribution is -0.133. The van der Waals surface area contributed by atoms with Gasteiger partial charge in [-0.3, -0.25) is 0 Å². The van der Waals surface area contributed by atoms with Crippen molar-refractivity contribution in [3.05, 3.63) is 23.8 Å². The summed E-state index contributed by atoms with van der Waals surface area (Å²) in [5, 5.41) is 9.64. The topological polar surface area (TPSA) is 37.3 Å². The second-order valence-electron chi connectivity index (χ2n) is 9.74. The molecule has 0 aromatic rings. The summed E-state index contributed by atoms with van der Waals surface area (Å²) in [6.45, 7) is 4.44. The average molecular weight is 403 g/mol. The van der Waals surface area contributed by atoms with Crippen LogP contribution in [-0.2, 0) is 4.79 Å². The fraction of sp³-hybridized carbons (Fsp3) is 0.815. The number of hydrogen-bond donors (Lipinski definition) is 1. The maximum absolute atomic E-state index is 11.7. The molecule has 0 aliphatic heterocycles. The minimum Gasteiger partial charge on any atom is -0.478 e. The van der Waals surface area contributed by atoms with Gasteiger partial charge in [-0.1, -0.05) is 89.9 Å². The van der Waals surface area contributed by atoms with Gasteiger partial charge < -0.3 is 5.11 Å². The number of unbranched alkanes of at least 4 members (excludes halogenated alkanes) is 5. The molecule has 2 aliphatic carbocycles. The zero-order valence-electron chi connectivity index (χ0n) is 19.2. The number of carboxylic acid groups (broad SMARTS) is 1. The Morgan fingerprint density at radius 2 is 1.45 bits per heavy atom. The van der Waals surface area contributed by atoms with Crippen LogP contribution in [0.15, 0.2) is 23.8 Å². The fourth-order valence-electron chi connectivity index (χ4n) is 5.70. The molecule has 2 aliphatic rings. The molecule has 0 bridgehead atoms. The third-order valence-corrected chi connectivity index (χ3v) is 7.60. The number of hydrogen-bond acceptors (Lipinski definition) is 1. The van der Waals surface area contributed by atoms with Crippen molar-refractivity contribution in [2.45, 2.75) is 117 Å². The van der Waals surface area contributed by atoms with Gasteiger partial charge in [0.05, 0.1) is 0 Å². The Balaban J connectivity index is 1.70. The third kappa shape index (κ3) is 8.69. The van der Waals surface area contributed by atoms with Gasteiger partial charge in [0.2, 0.25) is 0 Å². The molecule has 0 amide bonds. The largest absolute Gasteiger partial charge is 0.478 e. The molecule has 2 nitrogen and oxygen atoms in total. The van der Waals surface area contributed by atoms with E-state index >= 15 is 0 Å². The van der Waals surface area contributed by atoms with Crippen molar-refractivity contribution in [3.8, 4) is 0 Å². The number of rotatable bonds is 12. The highest BCUT2D eigenvalue weighted by atomic mass is 16.4. The van der Waals surface area contributed by atoms with Gasteiger partial charge in [-0.05, 0) is 68.6 Å². The summed E-state index contributed by atoms with van der Waals surface area (Å²) in [4.78, 5) is 11.7. The molecular weight excluding hydrogens is 356 g/mol. The van der Waals surface area contributed by atoms with Crippen LogP contribution >= 0.6 is 0 Å². The van der Waals surface area contributed by atoms with Gasteiger partial charge in [0.1, 0.15) is 0 Å². The quantitative estimate of drug-likeness (QED) is 0.202. The van der Waals surface area contributed by atoms with Crippen molar-refractivity contribution >= 4 is 5.97 Å². The van der Waals surface area contributed by atoms with Crippen molar-refractivity contribution < 1.29 is 9.90 Å². The van der Waals surface area contributed by atoms with Gasteiger partial charge >= 0.3 is 5.97 Å². The molecule has 2 saturated carbocycles. The summed E-state index contributed by atoms with van der Waals surface area (Å²) >= 11 is 0. The minimum atomic E-state index is -0.714. The molecular formula is C27H46O2. The molecule has 0 radical (unpaired) electrons. The molecule has 2 rings (SSSR count). The summed E-state index contributed by atoms with van der Waals surface area (Å²) < 4.78 is 0. The second kappa shape index (κ2) is 14.0. The Labute approximate surface area is 180 Å². The first-order valence-corrected chi connectivity index (χ1v) is 12.8. The summed E-state index contributed by atoms with van der Waals surface area (Å²) in [7, 11) is 0. The standard InChI is InChI=1S/C27H46O2/c1-3-5-7-9-10-12-22-14-16-23(17-15-22)24-18-20-25(21-19-24)26(27(28)29)13-11-8-6-4-2/h8,11,13,22-25H,3-7,9-10,12,14-21H2,1-2H3,(H,28,29)/b11-8+,26-13+. The van der Waals surface area contributed by atoms with E-state index < -0.39 is 5.97 Å². The maximum Gasteiger partial charge on any atom is 0.331 e. The van der Waals surface area contributed by atoms with Crippen molar-refractivity contribution in [3.63, 3.8) is 0 Å². The molecule has 0 saturated heterocycles. The summed E-state index contributed by atoms with van der Waals surface area (Å²) in [5.41, 5.74) is 0.641. The smallest absolute Gasteiger partial charge is 0.331 e. The van der Waals surface area contributed by atoms with Crippen LogP contribution in [0.4, 0.5) is 0 Å². The number of carbonyl (C=O) groups is 1. The van der Waals surface area contributed by atoms with Gasteiger partial charge in [0.15, 0.2) is 0 Å². The van der Waals surface area contributed by atoms with Crippen LogP contribution < -0.4 is 0 Å². The number of aliphatic carboxylic acids is 1. The van der Waals surface area contributed by atoms with Gasteiger partial charge in [-0.25, -0.2) is 4.79 Å². The van der Waals surface area contributed by atoms with Crippen LogP contribution in [-0.4, -0.2) is 11.1 Å². The first-order valence-electron chi connectivity index (χ1n) is 12.8. The summed E-state index contributed by atoms with van der Waals surface area (Å²) in [6, 6.07) is 0. The Morgan fingerprint density at radius 1 is 0.828 bits per heavy atom. The number of allylic oxidation sites excluding steroid dienone is 3. The molecule has 0 aromatic heterocycles. The Kier molecular flexibility index (Phi) is 11.7.